The Hall–Kier alpha value is -1.35. The van der Waals surface area contributed by atoms with Crippen molar-refractivity contribution in [2.24, 2.45) is 11.8 Å². The van der Waals surface area contributed by atoms with Crippen molar-refractivity contribution in [1.29, 1.82) is 0 Å². The monoisotopic (exact) mass is 284 g/mol. The summed E-state index contributed by atoms with van der Waals surface area (Å²) in [6.07, 6.45) is 6.40. The molecule has 1 atom stereocenters. The van der Waals surface area contributed by atoms with Gasteiger partial charge in [-0.3, -0.25) is 10.1 Å². The Morgan fingerprint density at radius 1 is 1.14 bits per heavy atom. The van der Waals surface area contributed by atoms with E-state index in [0.29, 0.717) is 18.5 Å². The molecule has 1 amide bonds. The van der Waals surface area contributed by atoms with Gasteiger partial charge in [-0.1, -0.05) is 31.2 Å². The van der Waals surface area contributed by atoms with Crippen molar-refractivity contribution in [2.45, 2.75) is 51.2 Å². The van der Waals surface area contributed by atoms with Gasteiger partial charge in [0.2, 0.25) is 5.91 Å². The Kier molecular flexibility index (Phi) is 3.26. The number of nitrogens with zero attached hydrogens (tertiary/aromatic N) is 1. The Morgan fingerprint density at radius 3 is 2.29 bits per heavy atom. The number of nitrogens with one attached hydrogen (secondary N) is 1. The van der Waals surface area contributed by atoms with Crippen LogP contribution in [0.1, 0.15) is 49.9 Å². The maximum Gasteiger partial charge on any atom is 0.238 e. The number of carbonyl (C=O) groups excluding carboxylic acids is 1. The molecule has 3 heteroatoms. The molecule has 21 heavy (non-hydrogen) atoms. The second-order valence-electron chi connectivity index (χ2n) is 6.85. The summed E-state index contributed by atoms with van der Waals surface area (Å²) in [4.78, 5) is 14.6. The largest absolute Gasteiger partial charge is 0.318 e. The molecule has 112 valence electrons. The van der Waals surface area contributed by atoms with Crippen molar-refractivity contribution in [3.8, 4) is 0 Å². The molecule has 1 aliphatic heterocycles. The Labute approximate surface area is 126 Å². The minimum Gasteiger partial charge on any atom is -0.318 e. The smallest absolute Gasteiger partial charge is 0.238 e. The first-order valence-corrected chi connectivity index (χ1v) is 8.41. The lowest BCUT2D eigenvalue weighted by molar-refractivity contribution is -0.131. The summed E-state index contributed by atoms with van der Waals surface area (Å²) < 4.78 is 0. The summed E-state index contributed by atoms with van der Waals surface area (Å²) in [7, 11) is 0. The topological polar surface area (TPSA) is 32.3 Å². The van der Waals surface area contributed by atoms with E-state index >= 15 is 0 Å². The summed E-state index contributed by atoms with van der Waals surface area (Å²) in [5, 5.41) is 3.43. The van der Waals surface area contributed by atoms with Crippen molar-refractivity contribution in [3.63, 3.8) is 0 Å². The van der Waals surface area contributed by atoms with Crippen molar-refractivity contribution in [1.82, 2.24) is 10.2 Å². The summed E-state index contributed by atoms with van der Waals surface area (Å²) in [5.74, 6) is 1.82. The number of hydrogen-bond acceptors (Lipinski definition) is 2. The SMILES string of the molecule is CCc1ccc(C2NCC(=O)N2C(C2CC2)C2CC2)cc1. The second kappa shape index (κ2) is 5.13. The number of rotatable bonds is 5. The van der Waals surface area contributed by atoms with Crippen molar-refractivity contribution >= 4 is 5.91 Å². The third-order valence-corrected chi connectivity index (χ3v) is 5.25. The van der Waals surface area contributed by atoms with Gasteiger partial charge < -0.3 is 4.90 Å². The maximum atomic E-state index is 12.5. The lowest BCUT2D eigenvalue weighted by atomic mass is 10.0. The van der Waals surface area contributed by atoms with E-state index in [-0.39, 0.29) is 6.17 Å². The maximum absolute atomic E-state index is 12.5. The molecule has 3 nitrogen and oxygen atoms in total. The number of amides is 1. The van der Waals surface area contributed by atoms with Crippen LogP contribution in [0.3, 0.4) is 0 Å². The van der Waals surface area contributed by atoms with E-state index < -0.39 is 0 Å². The van der Waals surface area contributed by atoms with Crippen LogP contribution in [0, 0.1) is 11.8 Å². The van der Waals surface area contributed by atoms with Gasteiger partial charge in [0.1, 0.15) is 6.17 Å². The lowest BCUT2D eigenvalue weighted by Crippen LogP contribution is -2.42. The van der Waals surface area contributed by atoms with Gasteiger partial charge in [-0.05, 0) is 55.1 Å². The molecular weight excluding hydrogens is 260 g/mol. The predicted octanol–water partition coefficient (Wildman–Crippen LogP) is 2.87. The van der Waals surface area contributed by atoms with Gasteiger partial charge in [0.15, 0.2) is 0 Å². The van der Waals surface area contributed by atoms with Crippen LogP contribution in [-0.4, -0.2) is 23.4 Å². The van der Waals surface area contributed by atoms with E-state index in [0.717, 1.165) is 18.3 Å². The zero-order chi connectivity index (χ0) is 14.4. The normalized spacial score (nSPS) is 25.9. The molecule has 4 rings (SSSR count). The van der Waals surface area contributed by atoms with E-state index in [1.54, 1.807) is 0 Å². The zero-order valence-electron chi connectivity index (χ0n) is 12.7. The van der Waals surface area contributed by atoms with Crippen LogP contribution in [0.15, 0.2) is 24.3 Å². The molecule has 3 aliphatic rings. The number of hydrogen-bond donors (Lipinski definition) is 1. The number of aryl methyl sites for hydroxylation is 1. The molecular formula is C18H24N2O. The molecule has 0 aromatic heterocycles. The molecule has 1 aromatic rings. The van der Waals surface area contributed by atoms with Gasteiger partial charge in [0.25, 0.3) is 0 Å². The molecule has 1 heterocycles. The third-order valence-electron chi connectivity index (χ3n) is 5.25. The minimum absolute atomic E-state index is 0.0922. The van der Waals surface area contributed by atoms with Crippen molar-refractivity contribution < 1.29 is 4.79 Å². The molecule has 3 fully saturated rings. The molecule has 1 saturated heterocycles. The first-order chi connectivity index (χ1) is 10.3. The van der Waals surface area contributed by atoms with E-state index in [1.165, 1.54) is 36.8 Å². The first kappa shape index (κ1) is 13.3. The van der Waals surface area contributed by atoms with E-state index in [9.17, 15) is 4.79 Å². The highest BCUT2D eigenvalue weighted by molar-refractivity contribution is 5.81. The van der Waals surface area contributed by atoms with Gasteiger partial charge in [-0.25, -0.2) is 0 Å². The molecule has 0 spiro atoms. The second-order valence-corrected chi connectivity index (χ2v) is 6.85. The van der Waals surface area contributed by atoms with Crippen LogP contribution in [0.25, 0.3) is 0 Å². The van der Waals surface area contributed by atoms with Gasteiger partial charge >= 0.3 is 0 Å². The molecule has 1 unspecified atom stereocenters. The summed E-state index contributed by atoms with van der Waals surface area (Å²) in [6.45, 7) is 2.67. The fraction of sp³-hybridized carbons (Fsp3) is 0.611. The first-order valence-electron chi connectivity index (χ1n) is 8.41. The highest BCUT2D eigenvalue weighted by Gasteiger charge is 2.49. The van der Waals surface area contributed by atoms with Gasteiger partial charge in [0.05, 0.1) is 6.54 Å². The van der Waals surface area contributed by atoms with E-state index in [1.807, 2.05) is 0 Å². The van der Waals surface area contributed by atoms with Crippen LogP contribution in [-0.2, 0) is 11.2 Å². The van der Waals surface area contributed by atoms with Crippen LogP contribution < -0.4 is 5.32 Å². The van der Waals surface area contributed by atoms with Gasteiger partial charge in [-0.2, -0.15) is 0 Å². The van der Waals surface area contributed by atoms with Gasteiger partial charge in [0, 0.05) is 6.04 Å². The van der Waals surface area contributed by atoms with E-state index in [2.05, 4.69) is 41.4 Å². The summed E-state index contributed by atoms with van der Waals surface area (Å²) in [5.41, 5.74) is 2.60. The molecule has 0 radical (unpaired) electrons. The minimum atomic E-state index is 0.0922. The zero-order valence-corrected chi connectivity index (χ0v) is 12.7. The number of carbonyl (C=O) groups is 1. The molecule has 1 N–H and O–H groups in total. The number of benzene rings is 1. The Bertz CT molecular complexity index is 519. The quantitative estimate of drug-likeness (QED) is 0.901. The Balaban J connectivity index is 1.61. The van der Waals surface area contributed by atoms with Crippen molar-refractivity contribution in [3.05, 3.63) is 35.4 Å². The standard InChI is InChI=1S/C18H24N2O/c1-2-12-3-5-15(6-4-12)18-19-11-16(21)20(18)17(13-7-8-13)14-9-10-14/h3-6,13-14,17-19H,2,7-11H2,1H3. The molecule has 0 bridgehead atoms. The molecule has 1 aromatic carbocycles. The van der Waals surface area contributed by atoms with Crippen LogP contribution in [0.4, 0.5) is 0 Å². The molecule has 2 aliphatic carbocycles. The summed E-state index contributed by atoms with van der Waals surface area (Å²) in [6, 6.07) is 9.27. The fourth-order valence-electron chi connectivity index (χ4n) is 3.78. The molecule has 2 saturated carbocycles. The highest BCUT2D eigenvalue weighted by atomic mass is 16.2. The fourth-order valence-corrected chi connectivity index (χ4v) is 3.78. The average Bonchev–Trinajstić information content (AvgIpc) is 3.41. The Morgan fingerprint density at radius 2 is 1.76 bits per heavy atom. The van der Waals surface area contributed by atoms with Gasteiger partial charge in [-0.15, -0.1) is 0 Å². The van der Waals surface area contributed by atoms with E-state index in [4.69, 9.17) is 0 Å². The third kappa shape index (κ3) is 2.48. The predicted molar refractivity (Wildman–Crippen MR) is 82.6 cm³/mol. The lowest BCUT2D eigenvalue weighted by Gasteiger charge is -2.33. The average molecular weight is 284 g/mol. The van der Waals surface area contributed by atoms with Crippen molar-refractivity contribution in [2.75, 3.05) is 6.54 Å². The van der Waals surface area contributed by atoms with Crippen LogP contribution in [0.2, 0.25) is 0 Å². The van der Waals surface area contributed by atoms with Crippen LogP contribution in [0.5, 0.6) is 0 Å². The highest BCUT2D eigenvalue weighted by Crippen LogP contribution is 2.49. The van der Waals surface area contributed by atoms with Crippen LogP contribution >= 0.6 is 0 Å². The summed E-state index contributed by atoms with van der Waals surface area (Å²) >= 11 is 0.